The second-order valence-electron chi connectivity index (χ2n) is 4.35. The summed E-state index contributed by atoms with van der Waals surface area (Å²) >= 11 is 4.56. The molecule has 3 aromatic rings. The number of hydrogen-bond acceptors (Lipinski definition) is 9. The van der Waals surface area contributed by atoms with Gasteiger partial charge in [-0.15, -0.1) is 32.9 Å². The largest absolute Gasteiger partial charge is 0.466 e. The summed E-state index contributed by atoms with van der Waals surface area (Å²) in [6.07, 6.45) is 0.202. The lowest BCUT2D eigenvalue weighted by Crippen LogP contribution is -2.07. The molecule has 0 aliphatic carbocycles. The van der Waals surface area contributed by atoms with Gasteiger partial charge in [0.25, 0.3) is 5.89 Å². The molecule has 120 valence electrons. The minimum absolute atomic E-state index is 0.202. The van der Waals surface area contributed by atoms with E-state index in [9.17, 15) is 4.79 Å². The molecule has 0 amide bonds. The van der Waals surface area contributed by atoms with Gasteiger partial charge >= 0.3 is 5.97 Å². The number of esters is 1. The number of carbonyl (C=O) groups is 1. The van der Waals surface area contributed by atoms with Gasteiger partial charge in [0.2, 0.25) is 5.89 Å². The standard InChI is InChI=1S/C14H13N3O3S3/c1-2-19-12(18)6-9-7-22-14(15-9)23-8-11-16-17-13(20-11)10-4-3-5-21-10/h3-5,7H,2,6,8H2,1H3. The number of thioether (sulfide) groups is 1. The highest BCUT2D eigenvalue weighted by atomic mass is 32.2. The first-order chi connectivity index (χ1) is 11.2. The van der Waals surface area contributed by atoms with Crippen LogP contribution in [0.15, 0.2) is 31.6 Å². The maximum atomic E-state index is 11.4. The topological polar surface area (TPSA) is 78.1 Å². The van der Waals surface area contributed by atoms with Crippen LogP contribution in [0.3, 0.4) is 0 Å². The molecule has 0 N–H and O–H groups in total. The molecule has 9 heteroatoms. The molecule has 0 saturated heterocycles. The third-order valence-corrected chi connectivity index (χ3v) is 5.59. The van der Waals surface area contributed by atoms with Crippen LogP contribution in [-0.2, 0) is 21.7 Å². The van der Waals surface area contributed by atoms with E-state index < -0.39 is 0 Å². The van der Waals surface area contributed by atoms with E-state index >= 15 is 0 Å². The number of thiazole rings is 1. The Labute approximate surface area is 144 Å². The highest BCUT2D eigenvalue weighted by molar-refractivity contribution is 8.00. The SMILES string of the molecule is CCOC(=O)Cc1csc(SCc2nnc(-c3cccs3)o2)n1. The molecule has 6 nitrogen and oxygen atoms in total. The fourth-order valence-corrected chi connectivity index (χ4v) is 4.06. The molecule has 0 atom stereocenters. The lowest BCUT2D eigenvalue weighted by atomic mass is 10.3. The van der Waals surface area contributed by atoms with Gasteiger partial charge < -0.3 is 9.15 Å². The molecule has 0 spiro atoms. The molecule has 3 aromatic heterocycles. The van der Waals surface area contributed by atoms with Crippen molar-refractivity contribution in [1.29, 1.82) is 0 Å². The first-order valence-corrected chi connectivity index (χ1v) is 9.58. The first-order valence-electron chi connectivity index (χ1n) is 6.83. The van der Waals surface area contributed by atoms with Crippen molar-refractivity contribution in [2.75, 3.05) is 6.61 Å². The Bertz CT molecular complexity index is 767. The Kier molecular flexibility index (Phi) is 5.42. The van der Waals surface area contributed by atoms with Gasteiger partial charge in [-0.3, -0.25) is 4.79 Å². The van der Waals surface area contributed by atoms with Crippen molar-refractivity contribution in [3.63, 3.8) is 0 Å². The number of ether oxygens (including phenoxy) is 1. The van der Waals surface area contributed by atoms with Crippen molar-refractivity contribution in [1.82, 2.24) is 15.2 Å². The van der Waals surface area contributed by atoms with Crippen LogP contribution in [0.1, 0.15) is 18.5 Å². The fourth-order valence-electron chi connectivity index (χ4n) is 1.73. The monoisotopic (exact) mass is 367 g/mol. The number of rotatable bonds is 7. The number of carbonyl (C=O) groups excluding carboxylic acids is 1. The zero-order valence-electron chi connectivity index (χ0n) is 12.2. The van der Waals surface area contributed by atoms with E-state index in [1.54, 1.807) is 18.3 Å². The maximum Gasteiger partial charge on any atom is 0.311 e. The van der Waals surface area contributed by atoms with Crippen LogP contribution >= 0.6 is 34.4 Å². The predicted octanol–water partition coefficient (Wildman–Crippen LogP) is 3.65. The van der Waals surface area contributed by atoms with Crippen molar-refractivity contribution >= 4 is 40.4 Å². The van der Waals surface area contributed by atoms with Gasteiger partial charge in [-0.1, -0.05) is 17.8 Å². The molecule has 0 aromatic carbocycles. The molecule has 23 heavy (non-hydrogen) atoms. The zero-order chi connectivity index (χ0) is 16.1. The normalized spacial score (nSPS) is 10.8. The molecule has 3 heterocycles. The Balaban J connectivity index is 1.54. The summed E-state index contributed by atoms with van der Waals surface area (Å²) in [6.45, 7) is 2.17. The van der Waals surface area contributed by atoms with Crippen molar-refractivity contribution in [2.24, 2.45) is 0 Å². The summed E-state index contributed by atoms with van der Waals surface area (Å²) in [7, 11) is 0. The van der Waals surface area contributed by atoms with Crippen molar-refractivity contribution < 1.29 is 13.9 Å². The second kappa shape index (κ2) is 7.71. The summed E-state index contributed by atoms with van der Waals surface area (Å²) in [4.78, 5) is 16.8. The van der Waals surface area contributed by atoms with Gasteiger partial charge in [-0.05, 0) is 18.4 Å². The fraction of sp³-hybridized carbons (Fsp3) is 0.286. The van der Waals surface area contributed by atoms with Gasteiger partial charge in [-0.2, -0.15) is 0 Å². The molecule has 0 aliphatic heterocycles. The van der Waals surface area contributed by atoms with E-state index in [-0.39, 0.29) is 12.4 Å². The van der Waals surface area contributed by atoms with E-state index in [1.165, 1.54) is 23.1 Å². The summed E-state index contributed by atoms with van der Waals surface area (Å²) in [5.41, 5.74) is 0.723. The second-order valence-corrected chi connectivity index (χ2v) is 7.38. The molecule has 0 saturated carbocycles. The third-order valence-electron chi connectivity index (χ3n) is 2.68. The van der Waals surface area contributed by atoms with Gasteiger partial charge in [0, 0.05) is 5.38 Å². The van der Waals surface area contributed by atoms with Crippen LogP contribution < -0.4 is 0 Å². The van der Waals surface area contributed by atoms with E-state index in [0.717, 1.165) is 14.9 Å². The number of nitrogens with zero attached hydrogens (tertiary/aromatic N) is 3. The van der Waals surface area contributed by atoms with Crippen LogP contribution in [-0.4, -0.2) is 27.8 Å². The average Bonchev–Trinajstić information content (AvgIpc) is 3.27. The molecule has 0 fully saturated rings. The van der Waals surface area contributed by atoms with Crippen molar-refractivity contribution in [2.45, 2.75) is 23.4 Å². The van der Waals surface area contributed by atoms with Gasteiger partial charge in [-0.25, -0.2) is 4.98 Å². The molecule has 3 rings (SSSR count). The molecule has 0 unspecified atom stereocenters. The Morgan fingerprint density at radius 1 is 1.39 bits per heavy atom. The third kappa shape index (κ3) is 4.40. The smallest absolute Gasteiger partial charge is 0.311 e. The van der Waals surface area contributed by atoms with E-state index in [2.05, 4.69) is 15.2 Å². The lowest BCUT2D eigenvalue weighted by Gasteiger charge is -1.97. The highest BCUT2D eigenvalue weighted by Gasteiger charge is 2.12. The lowest BCUT2D eigenvalue weighted by molar-refractivity contribution is -0.142. The molecular formula is C14H13N3O3S3. The van der Waals surface area contributed by atoms with Crippen LogP contribution in [0.25, 0.3) is 10.8 Å². The molecule has 0 radical (unpaired) electrons. The maximum absolute atomic E-state index is 11.4. The molecule has 0 bridgehead atoms. The highest BCUT2D eigenvalue weighted by Crippen LogP contribution is 2.28. The number of hydrogen-bond donors (Lipinski definition) is 0. The molecular weight excluding hydrogens is 354 g/mol. The van der Waals surface area contributed by atoms with Gasteiger partial charge in [0.05, 0.1) is 29.4 Å². The first kappa shape index (κ1) is 16.2. The van der Waals surface area contributed by atoms with Gasteiger partial charge in [0.15, 0.2) is 4.34 Å². The Morgan fingerprint density at radius 3 is 3.09 bits per heavy atom. The van der Waals surface area contributed by atoms with E-state index in [1.807, 2.05) is 22.9 Å². The Hall–Kier alpha value is -1.71. The summed E-state index contributed by atoms with van der Waals surface area (Å²) in [6, 6.07) is 3.89. The molecule has 0 aliphatic rings. The van der Waals surface area contributed by atoms with Gasteiger partial charge in [0.1, 0.15) is 0 Å². The summed E-state index contributed by atoms with van der Waals surface area (Å²) in [5, 5.41) is 11.9. The minimum Gasteiger partial charge on any atom is -0.466 e. The van der Waals surface area contributed by atoms with E-state index in [0.29, 0.717) is 24.1 Å². The number of aromatic nitrogens is 3. The van der Waals surface area contributed by atoms with Crippen LogP contribution in [0.5, 0.6) is 0 Å². The van der Waals surface area contributed by atoms with Crippen molar-refractivity contribution in [3.05, 3.63) is 34.5 Å². The van der Waals surface area contributed by atoms with Crippen LogP contribution in [0, 0.1) is 0 Å². The van der Waals surface area contributed by atoms with E-state index in [4.69, 9.17) is 9.15 Å². The zero-order valence-corrected chi connectivity index (χ0v) is 14.7. The quantitative estimate of drug-likeness (QED) is 0.466. The summed E-state index contributed by atoms with van der Waals surface area (Å²) < 4.78 is 11.4. The average molecular weight is 367 g/mol. The number of thiophene rings is 1. The summed E-state index contributed by atoms with van der Waals surface area (Å²) in [5.74, 6) is 1.38. The predicted molar refractivity (Wildman–Crippen MR) is 89.6 cm³/mol. The minimum atomic E-state index is -0.258. The Morgan fingerprint density at radius 2 is 2.30 bits per heavy atom. The van der Waals surface area contributed by atoms with Crippen LogP contribution in [0.4, 0.5) is 0 Å². The van der Waals surface area contributed by atoms with Crippen molar-refractivity contribution in [3.8, 4) is 10.8 Å². The van der Waals surface area contributed by atoms with Crippen LogP contribution in [0.2, 0.25) is 0 Å².